The Morgan fingerprint density at radius 3 is 1.91 bits per heavy atom. The number of aromatic hydroxyl groups is 1. The molecular formula is C40H74O5. The van der Waals surface area contributed by atoms with Gasteiger partial charge in [0.15, 0.2) is 0 Å². The molecule has 1 aliphatic heterocycles. The van der Waals surface area contributed by atoms with E-state index < -0.39 is 11.7 Å². The Morgan fingerprint density at radius 2 is 1.38 bits per heavy atom. The number of unbranched alkanes of at least 4 members (excludes halogenated alkanes) is 3. The summed E-state index contributed by atoms with van der Waals surface area (Å²) in [5, 5.41) is 38.6. The molecular weight excluding hydrogens is 560 g/mol. The quantitative estimate of drug-likeness (QED) is 0.107. The van der Waals surface area contributed by atoms with Crippen LogP contribution in [0.15, 0.2) is 0 Å². The van der Waals surface area contributed by atoms with Crippen LogP contribution in [0.25, 0.3) is 0 Å². The van der Waals surface area contributed by atoms with Crippen molar-refractivity contribution >= 4 is 0 Å². The highest BCUT2D eigenvalue weighted by Crippen LogP contribution is 2.44. The summed E-state index contributed by atoms with van der Waals surface area (Å²) in [4.78, 5) is 0. The van der Waals surface area contributed by atoms with Gasteiger partial charge in [0.2, 0.25) is 0 Å². The maximum atomic E-state index is 10.4. The third-order valence-electron chi connectivity index (χ3n) is 10.7. The lowest BCUT2D eigenvalue weighted by atomic mass is 9.84. The molecule has 264 valence electrons. The van der Waals surface area contributed by atoms with E-state index >= 15 is 0 Å². The lowest BCUT2D eigenvalue weighted by Crippen LogP contribution is -2.43. The fraction of sp³-hybridized carbons (Fsp3) is 0.850. The number of fused-ring (bicyclic) bond motifs is 1. The van der Waals surface area contributed by atoms with Gasteiger partial charge in [-0.05, 0) is 101 Å². The highest BCUT2D eigenvalue weighted by atomic mass is 16.5. The molecule has 1 aromatic rings. The fourth-order valence-corrected chi connectivity index (χ4v) is 6.88. The van der Waals surface area contributed by atoms with Crippen molar-refractivity contribution in [3.63, 3.8) is 0 Å². The molecule has 0 spiro atoms. The van der Waals surface area contributed by atoms with Gasteiger partial charge in [0.1, 0.15) is 23.2 Å². The van der Waals surface area contributed by atoms with Gasteiger partial charge in [0, 0.05) is 5.56 Å². The monoisotopic (exact) mass is 635 g/mol. The van der Waals surface area contributed by atoms with Crippen LogP contribution in [0.2, 0.25) is 0 Å². The SMILES string of the molecule is CCCCCCC(O)(CC)C(O)CO.Cc1c(C)c2c(c(C)c1O)CC[C@](C)(CCC[C@H](C)CCC[C@@H](C)CCCC(C)C)O2. The molecule has 1 heterocycles. The highest BCUT2D eigenvalue weighted by Gasteiger charge is 2.34. The topological polar surface area (TPSA) is 90.2 Å². The van der Waals surface area contributed by atoms with Gasteiger partial charge in [-0.25, -0.2) is 0 Å². The first-order valence-corrected chi connectivity index (χ1v) is 18.7. The lowest BCUT2D eigenvalue weighted by Gasteiger charge is -2.38. The molecule has 0 bridgehead atoms. The van der Waals surface area contributed by atoms with E-state index in [1.54, 1.807) is 0 Å². The number of hydrogen-bond donors (Lipinski definition) is 4. The summed E-state index contributed by atoms with van der Waals surface area (Å²) in [6.07, 6.45) is 18.4. The Morgan fingerprint density at radius 1 is 0.800 bits per heavy atom. The van der Waals surface area contributed by atoms with E-state index in [1.165, 1.54) is 56.9 Å². The Labute approximate surface area is 278 Å². The van der Waals surface area contributed by atoms with Gasteiger partial charge in [0.05, 0.1) is 12.2 Å². The molecule has 0 amide bonds. The van der Waals surface area contributed by atoms with Crippen molar-refractivity contribution < 1.29 is 25.2 Å². The molecule has 1 aromatic carbocycles. The van der Waals surface area contributed by atoms with Crippen LogP contribution in [-0.2, 0) is 6.42 Å². The molecule has 5 nitrogen and oxygen atoms in total. The summed E-state index contributed by atoms with van der Waals surface area (Å²) in [5.74, 6) is 4.04. The van der Waals surface area contributed by atoms with Crippen LogP contribution in [0.3, 0.4) is 0 Å². The minimum Gasteiger partial charge on any atom is -0.507 e. The van der Waals surface area contributed by atoms with E-state index in [-0.39, 0.29) is 12.2 Å². The fourth-order valence-electron chi connectivity index (χ4n) is 6.88. The van der Waals surface area contributed by atoms with Crippen LogP contribution in [0.4, 0.5) is 0 Å². The van der Waals surface area contributed by atoms with Crippen LogP contribution in [0.1, 0.15) is 173 Å². The Bertz CT molecular complexity index is 959. The van der Waals surface area contributed by atoms with Gasteiger partial charge in [-0.2, -0.15) is 0 Å². The number of aliphatic hydroxyl groups is 3. The molecule has 0 saturated heterocycles. The van der Waals surface area contributed by atoms with Crippen LogP contribution >= 0.6 is 0 Å². The zero-order valence-electron chi connectivity index (χ0n) is 31.2. The maximum absolute atomic E-state index is 10.4. The molecule has 2 rings (SSSR count). The van der Waals surface area contributed by atoms with Crippen molar-refractivity contribution in [1.82, 2.24) is 0 Å². The van der Waals surface area contributed by atoms with Crippen molar-refractivity contribution in [3.05, 3.63) is 22.3 Å². The van der Waals surface area contributed by atoms with E-state index in [9.17, 15) is 15.3 Å². The molecule has 2 unspecified atom stereocenters. The normalized spacial score (nSPS) is 19.6. The van der Waals surface area contributed by atoms with Crippen LogP contribution < -0.4 is 4.74 Å². The van der Waals surface area contributed by atoms with Gasteiger partial charge >= 0.3 is 0 Å². The average Bonchev–Trinajstić information content (AvgIpc) is 3.00. The van der Waals surface area contributed by atoms with Crippen molar-refractivity contribution in [2.75, 3.05) is 6.61 Å². The van der Waals surface area contributed by atoms with E-state index in [1.807, 2.05) is 20.8 Å². The molecule has 5 heteroatoms. The molecule has 0 fully saturated rings. The first-order chi connectivity index (χ1) is 21.1. The third kappa shape index (κ3) is 14.2. The number of aliphatic hydroxyl groups excluding tert-OH is 2. The van der Waals surface area contributed by atoms with Gasteiger partial charge in [-0.3, -0.25) is 0 Å². The largest absolute Gasteiger partial charge is 0.507 e. The van der Waals surface area contributed by atoms with Gasteiger partial charge in [-0.15, -0.1) is 0 Å². The zero-order chi connectivity index (χ0) is 34.2. The standard InChI is InChI=1S/C29H50O2.C11H24O3/c1-20(2)12-9-13-21(3)14-10-15-22(4)16-11-18-29(8)19-17-26-25(7)27(30)23(5)24(6)28(26)31-29;1-3-5-6-7-8-11(14,4-2)10(13)9-12/h20-22,30H,9-19H2,1-8H3;10,12-14H,3-9H2,1-2H3/t21-,22+,29-;/m0./s1. The van der Waals surface area contributed by atoms with Crippen LogP contribution in [0.5, 0.6) is 11.5 Å². The molecule has 0 saturated carbocycles. The molecule has 4 N–H and O–H groups in total. The smallest absolute Gasteiger partial charge is 0.127 e. The molecule has 5 atom stereocenters. The van der Waals surface area contributed by atoms with E-state index in [4.69, 9.17) is 9.84 Å². The van der Waals surface area contributed by atoms with E-state index in [0.717, 1.165) is 85.1 Å². The predicted molar refractivity (Wildman–Crippen MR) is 191 cm³/mol. The third-order valence-corrected chi connectivity index (χ3v) is 10.7. The number of phenols is 1. The summed E-state index contributed by atoms with van der Waals surface area (Å²) in [6.45, 7) is 21.5. The minimum atomic E-state index is -1.09. The molecule has 0 aliphatic carbocycles. The lowest BCUT2D eigenvalue weighted by molar-refractivity contribution is -0.102. The molecule has 0 aromatic heterocycles. The molecule has 1 aliphatic rings. The Balaban J connectivity index is 0.000000609. The predicted octanol–water partition coefficient (Wildman–Crippen LogP) is 10.3. The van der Waals surface area contributed by atoms with Crippen molar-refractivity contribution in [2.24, 2.45) is 17.8 Å². The van der Waals surface area contributed by atoms with Crippen molar-refractivity contribution in [1.29, 1.82) is 0 Å². The number of benzene rings is 1. The van der Waals surface area contributed by atoms with Crippen molar-refractivity contribution in [3.8, 4) is 11.5 Å². The first-order valence-electron chi connectivity index (χ1n) is 18.7. The summed E-state index contributed by atoms with van der Waals surface area (Å²) < 4.78 is 6.60. The number of phenolic OH excluding ortho intramolecular Hbond substituents is 1. The Kier molecular flexibility index (Phi) is 19.3. The summed E-state index contributed by atoms with van der Waals surface area (Å²) in [6, 6.07) is 0. The second-order valence-electron chi connectivity index (χ2n) is 15.4. The van der Waals surface area contributed by atoms with E-state index in [0.29, 0.717) is 18.6 Å². The second-order valence-corrected chi connectivity index (χ2v) is 15.4. The Hall–Kier alpha value is -1.30. The summed E-state index contributed by atoms with van der Waals surface area (Å²) >= 11 is 0. The number of ether oxygens (including phenoxy) is 1. The van der Waals surface area contributed by atoms with Gasteiger partial charge in [-0.1, -0.05) is 112 Å². The molecule has 0 radical (unpaired) electrons. The second kappa shape index (κ2) is 20.8. The van der Waals surface area contributed by atoms with Crippen LogP contribution in [0, 0.1) is 38.5 Å². The van der Waals surface area contributed by atoms with E-state index in [2.05, 4.69) is 48.5 Å². The van der Waals surface area contributed by atoms with Crippen LogP contribution in [-0.4, -0.2) is 44.3 Å². The zero-order valence-corrected chi connectivity index (χ0v) is 31.2. The number of rotatable bonds is 20. The average molecular weight is 635 g/mol. The highest BCUT2D eigenvalue weighted by molar-refractivity contribution is 5.58. The van der Waals surface area contributed by atoms with Gasteiger partial charge < -0.3 is 25.2 Å². The maximum Gasteiger partial charge on any atom is 0.127 e. The van der Waals surface area contributed by atoms with Crippen molar-refractivity contribution in [2.45, 2.75) is 196 Å². The first kappa shape index (κ1) is 41.7. The van der Waals surface area contributed by atoms with Gasteiger partial charge in [0.25, 0.3) is 0 Å². The summed E-state index contributed by atoms with van der Waals surface area (Å²) in [7, 11) is 0. The minimum absolute atomic E-state index is 0.0712. The summed E-state index contributed by atoms with van der Waals surface area (Å²) in [5.41, 5.74) is 3.13. The molecule has 45 heavy (non-hydrogen) atoms. The number of hydrogen-bond acceptors (Lipinski definition) is 5.